The van der Waals surface area contributed by atoms with E-state index in [4.69, 9.17) is 5.73 Å². The zero-order valence-electron chi connectivity index (χ0n) is 20.0. The summed E-state index contributed by atoms with van der Waals surface area (Å²) in [5, 5.41) is 0. The van der Waals surface area contributed by atoms with Gasteiger partial charge in [0.05, 0.1) is 18.0 Å². The highest BCUT2D eigenvalue weighted by Gasteiger charge is 2.70. The summed E-state index contributed by atoms with van der Waals surface area (Å²) in [6.07, 6.45) is 5.93. The molecule has 35 heavy (non-hydrogen) atoms. The van der Waals surface area contributed by atoms with Crippen molar-refractivity contribution >= 4 is 35.3 Å². The number of benzene rings is 1. The molecule has 186 valence electrons. The van der Waals surface area contributed by atoms with Gasteiger partial charge in [0, 0.05) is 24.5 Å². The number of amides is 3. The van der Waals surface area contributed by atoms with E-state index in [-0.39, 0.29) is 42.5 Å². The maximum absolute atomic E-state index is 14.0. The Labute approximate surface area is 210 Å². The molecule has 4 aliphatic carbocycles. The summed E-state index contributed by atoms with van der Waals surface area (Å²) in [6, 6.07) is 9.42. The second-order valence-electron chi connectivity index (χ2n) is 11.3. The molecule has 2 N–H and O–H groups in total. The number of likely N-dealkylation sites (tertiary alicyclic amines) is 2. The molecule has 4 unspecified atom stereocenters. The van der Waals surface area contributed by atoms with E-state index in [0.29, 0.717) is 29.9 Å². The van der Waals surface area contributed by atoms with Gasteiger partial charge in [-0.15, -0.1) is 0 Å². The van der Waals surface area contributed by atoms with Gasteiger partial charge in [0.25, 0.3) is 5.91 Å². The fraction of sp³-hybridized carbons (Fsp3) is 0.630. The van der Waals surface area contributed by atoms with Crippen LogP contribution >= 0.6 is 11.8 Å². The predicted molar refractivity (Wildman–Crippen MR) is 132 cm³/mol. The van der Waals surface area contributed by atoms with Crippen LogP contribution in [0.25, 0.3) is 0 Å². The summed E-state index contributed by atoms with van der Waals surface area (Å²) in [7, 11) is 0. The minimum absolute atomic E-state index is 0.0430. The fourth-order valence-electron chi connectivity index (χ4n) is 8.38. The highest BCUT2D eigenvalue weighted by molar-refractivity contribution is 7.98. The van der Waals surface area contributed by atoms with Crippen molar-refractivity contribution in [2.75, 3.05) is 18.8 Å². The number of nitrogens with zero attached hydrogens (tertiary/aromatic N) is 2. The lowest BCUT2D eigenvalue weighted by atomic mass is 9.74. The Morgan fingerprint density at radius 2 is 1.77 bits per heavy atom. The zero-order valence-corrected chi connectivity index (χ0v) is 20.8. The van der Waals surface area contributed by atoms with Crippen molar-refractivity contribution in [2.24, 2.45) is 28.9 Å². The van der Waals surface area contributed by atoms with Crippen LogP contribution in [0, 0.1) is 23.2 Å². The predicted octanol–water partition coefficient (Wildman–Crippen LogP) is 2.37. The van der Waals surface area contributed by atoms with E-state index in [1.54, 1.807) is 16.7 Å². The van der Waals surface area contributed by atoms with E-state index in [1.165, 1.54) is 16.9 Å². The molecule has 2 saturated heterocycles. The van der Waals surface area contributed by atoms with Crippen LogP contribution in [-0.2, 0) is 24.9 Å². The summed E-state index contributed by atoms with van der Waals surface area (Å²) in [5.74, 6) is 1.66. The highest BCUT2D eigenvalue weighted by atomic mass is 32.2. The molecule has 1 aromatic rings. The number of hydrogen-bond acceptors (Lipinski definition) is 5. The van der Waals surface area contributed by atoms with Crippen LogP contribution in [0.1, 0.15) is 50.5 Å². The van der Waals surface area contributed by atoms with Crippen LogP contribution < -0.4 is 5.73 Å². The maximum atomic E-state index is 14.0. The Hall–Kier alpha value is -2.35. The van der Waals surface area contributed by atoms with Gasteiger partial charge in [-0.3, -0.25) is 19.2 Å². The summed E-state index contributed by atoms with van der Waals surface area (Å²) in [4.78, 5) is 56.7. The van der Waals surface area contributed by atoms with Crippen LogP contribution in [0.3, 0.4) is 0 Å². The number of fused-ring (bicyclic) bond motifs is 1. The number of rotatable bonds is 7. The molecule has 7 nitrogen and oxygen atoms in total. The first-order chi connectivity index (χ1) is 16.9. The maximum Gasteiger partial charge on any atom is 0.253 e. The first kappa shape index (κ1) is 23.1. The Morgan fingerprint density at radius 3 is 2.46 bits per heavy atom. The van der Waals surface area contributed by atoms with Gasteiger partial charge in [0.2, 0.25) is 17.4 Å². The topological polar surface area (TPSA) is 101 Å². The van der Waals surface area contributed by atoms with Crippen molar-refractivity contribution < 1.29 is 19.2 Å². The number of carbonyl (C=O) groups excluding carboxylic acids is 4. The van der Waals surface area contributed by atoms with Crippen LogP contribution in [0.15, 0.2) is 30.3 Å². The Balaban J connectivity index is 1.17. The highest BCUT2D eigenvalue weighted by Crippen LogP contribution is 2.66. The molecule has 4 bridgehead atoms. The third kappa shape index (κ3) is 3.31. The number of carbonyl (C=O) groups is 4. The molecule has 3 amide bonds. The SMILES string of the molecule is NC(=O)C12C(=O)CN(C(=O)C34CC5CC(CC3C5)C4)C1CCN2C(=O)CCSCc1ccccc1. The molecule has 0 aromatic heterocycles. The lowest BCUT2D eigenvalue weighted by molar-refractivity contribution is -0.150. The summed E-state index contributed by atoms with van der Waals surface area (Å²) < 4.78 is 0. The lowest BCUT2D eigenvalue weighted by Gasteiger charge is -2.38. The van der Waals surface area contributed by atoms with Gasteiger partial charge in [-0.05, 0) is 61.8 Å². The minimum atomic E-state index is -1.71. The van der Waals surface area contributed by atoms with Gasteiger partial charge in [-0.1, -0.05) is 30.3 Å². The van der Waals surface area contributed by atoms with Gasteiger partial charge >= 0.3 is 0 Å². The van der Waals surface area contributed by atoms with Gasteiger partial charge in [0.1, 0.15) is 0 Å². The number of Topliss-reactive ketones (excluding diaryl/α,β-unsaturated/α-hetero) is 1. The number of nitrogens with two attached hydrogens (primary N) is 1. The van der Waals surface area contributed by atoms with Crippen LogP contribution in [0.5, 0.6) is 0 Å². The van der Waals surface area contributed by atoms with E-state index in [1.807, 2.05) is 30.3 Å². The van der Waals surface area contributed by atoms with Crippen molar-refractivity contribution in [3.63, 3.8) is 0 Å². The lowest BCUT2D eigenvalue weighted by Crippen LogP contribution is -2.64. The first-order valence-corrected chi connectivity index (χ1v) is 14.1. The van der Waals surface area contributed by atoms with Gasteiger partial charge in [-0.2, -0.15) is 11.8 Å². The van der Waals surface area contributed by atoms with Crippen LogP contribution in [0.4, 0.5) is 0 Å². The van der Waals surface area contributed by atoms with Gasteiger partial charge in [0.15, 0.2) is 5.78 Å². The van der Waals surface area contributed by atoms with Crippen molar-refractivity contribution in [2.45, 2.75) is 62.3 Å². The monoisotopic (exact) mass is 495 g/mol. The average molecular weight is 496 g/mol. The molecule has 6 aliphatic rings. The second-order valence-corrected chi connectivity index (χ2v) is 12.4. The molecular formula is C27H33N3O4S. The molecule has 6 fully saturated rings. The molecule has 4 saturated carbocycles. The number of ketones is 1. The fourth-order valence-corrected chi connectivity index (χ4v) is 9.27. The zero-order chi connectivity index (χ0) is 24.4. The molecule has 4 atom stereocenters. The molecule has 7 rings (SSSR count). The van der Waals surface area contributed by atoms with Crippen molar-refractivity contribution in [3.8, 4) is 0 Å². The molecule has 1 aromatic carbocycles. The second kappa shape index (κ2) is 8.36. The standard InChI is InChI=1S/C27H33N3O4S/c28-24(33)27-21(6-8-30(27)23(32)7-9-35-16-17-4-2-1-3-5-17)29(15-22(27)31)25(34)26-13-18-10-19(14-26)12-20(26)11-18/h1-5,18-21H,6-16H2,(H2,28,33). The number of primary amides is 1. The van der Waals surface area contributed by atoms with Crippen LogP contribution in [-0.4, -0.2) is 63.7 Å². The smallest absolute Gasteiger partial charge is 0.253 e. The third-order valence-electron chi connectivity index (χ3n) is 9.57. The number of thioether (sulfide) groups is 1. The largest absolute Gasteiger partial charge is 0.367 e. The molecule has 0 radical (unpaired) electrons. The molecule has 8 heteroatoms. The van der Waals surface area contributed by atoms with Gasteiger partial charge in [-0.25, -0.2) is 0 Å². The van der Waals surface area contributed by atoms with Crippen LogP contribution in [0.2, 0.25) is 0 Å². The minimum Gasteiger partial charge on any atom is -0.367 e. The van der Waals surface area contributed by atoms with Crippen molar-refractivity contribution in [1.29, 1.82) is 0 Å². The Morgan fingerprint density at radius 1 is 1.06 bits per heavy atom. The normalized spacial score (nSPS) is 36.7. The summed E-state index contributed by atoms with van der Waals surface area (Å²) in [6.45, 7) is 0.176. The Bertz CT molecular complexity index is 1060. The van der Waals surface area contributed by atoms with Gasteiger partial charge < -0.3 is 15.5 Å². The number of hydrogen-bond donors (Lipinski definition) is 1. The average Bonchev–Trinajstić information content (AvgIpc) is 3.52. The third-order valence-corrected chi connectivity index (χ3v) is 10.6. The first-order valence-electron chi connectivity index (χ1n) is 12.9. The van der Waals surface area contributed by atoms with Crippen molar-refractivity contribution in [1.82, 2.24) is 9.80 Å². The quantitative estimate of drug-likeness (QED) is 0.462. The van der Waals surface area contributed by atoms with E-state index < -0.39 is 17.5 Å². The van der Waals surface area contributed by atoms with Crippen molar-refractivity contribution in [3.05, 3.63) is 35.9 Å². The van der Waals surface area contributed by atoms with E-state index in [2.05, 4.69) is 0 Å². The summed E-state index contributed by atoms with van der Waals surface area (Å²) >= 11 is 1.65. The van der Waals surface area contributed by atoms with E-state index in [9.17, 15) is 19.2 Å². The molecule has 2 aliphatic heterocycles. The Kier molecular flexibility index (Phi) is 5.51. The molecular weight excluding hydrogens is 462 g/mol. The van der Waals surface area contributed by atoms with E-state index in [0.717, 1.165) is 31.4 Å². The summed E-state index contributed by atoms with van der Waals surface area (Å²) in [5.41, 5.74) is 4.99. The van der Waals surface area contributed by atoms with E-state index >= 15 is 0 Å². The molecule has 0 spiro atoms. The molecule has 2 heterocycles.